The van der Waals surface area contributed by atoms with Crippen LogP contribution in [0.4, 0.5) is 4.79 Å². The summed E-state index contributed by atoms with van der Waals surface area (Å²) in [6, 6.07) is 7.24. The number of piperidine rings is 1. The molecule has 1 aliphatic carbocycles. The van der Waals surface area contributed by atoms with Crippen molar-refractivity contribution in [3.8, 4) is 5.75 Å². The zero-order valence-corrected chi connectivity index (χ0v) is 20.8. The van der Waals surface area contributed by atoms with Gasteiger partial charge < -0.3 is 20.1 Å². The predicted octanol–water partition coefficient (Wildman–Crippen LogP) is 5.34. The Balaban J connectivity index is 1.59. The molecule has 0 spiro atoms. The molecule has 7 nitrogen and oxygen atoms in total. The van der Waals surface area contributed by atoms with Gasteiger partial charge >= 0.3 is 6.09 Å². The maximum absolute atomic E-state index is 11.9. The van der Waals surface area contributed by atoms with Crippen LogP contribution in [0, 0.1) is 5.92 Å². The fraction of sp³-hybridized carbons (Fsp3) is 0.464. The number of likely N-dealkylation sites (tertiary alicyclic amines) is 1. The van der Waals surface area contributed by atoms with Crippen LogP contribution in [0.2, 0.25) is 0 Å². The normalized spacial score (nSPS) is 20.2. The van der Waals surface area contributed by atoms with Crippen molar-refractivity contribution in [1.29, 1.82) is 0 Å². The molecule has 0 aromatic heterocycles. The molecule has 1 aromatic rings. The minimum absolute atomic E-state index is 0.175. The summed E-state index contributed by atoms with van der Waals surface area (Å²) >= 11 is 0. The Labute approximate surface area is 208 Å². The molecule has 35 heavy (non-hydrogen) atoms. The molecule has 0 bridgehead atoms. The topological polar surface area (TPSA) is 86.5 Å². The van der Waals surface area contributed by atoms with Gasteiger partial charge in [0, 0.05) is 26.1 Å². The molecule has 1 saturated heterocycles. The fourth-order valence-corrected chi connectivity index (χ4v) is 4.67. The molecule has 0 unspecified atom stereocenters. The van der Waals surface area contributed by atoms with Crippen molar-refractivity contribution < 1.29 is 14.6 Å². The second kappa shape index (κ2) is 11.9. The molecule has 3 aliphatic rings. The standard InChI is InChI=1S/C28H36N4O3/c1-3-15-35-28(34)29-18-21-10-8-14-32(19-21)26-17-22-11-7-9-20(4-2)16-24(22)30-27(31-26)23-12-5-6-13-25(23)33/h5-6,9,11-13,16,21,33H,3-4,7-8,10,14-15,17-19H2,1-2H3,(H,29,34)/t21-/m0/s1. The van der Waals surface area contributed by atoms with Crippen molar-refractivity contribution in [3.05, 3.63) is 64.9 Å². The number of amidine groups is 2. The van der Waals surface area contributed by atoms with E-state index in [-0.39, 0.29) is 11.8 Å². The maximum Gasteiger partial charge on any atom is 0.407 e. The molecule has 2 N–H and O–H groups in total. The van der Waals surface area contributed by atoms with Crippen molar-refractivity contribution in [2.45, 2.75) is 52.4 Å². The van der Waals surface area contributed by atoms with Crippen LogP contribution >= 0.6 is 0 Å². The summed E-state index contributed by atoms with van der Waals surface area (Å²) in [7, 11) is 0. The third-order valence-corrected chi connectivity index (χ3v) is 6.61. The van der Waals surface area contributed by atoms with Crippen molar-refractivity contribution >= 4 is 17.8 Å². The summed E-state index contributed by atoms with van der Waals surface area (Å²) in [5.74, 6) is 1.99. The van der Waals surface area contributed by atoms with E-state index in [0.29, 0.717) is 36.9 Å². The Morgan fingerprint density at radius 3 is 2.89 bits per heavy atom. The number of allylic oxidation sites excluding steroid dienone is 5. The van der Waals surface area contributed by atoms with Crippen LogP contribution in [-0.2, 0) is 4.74 Å². The number of ether oxygens (including phenoxy) is 1. The molecule has 1 amide bonds. The van der Waals surface area contributed by atoms with Gasteiger partial charge in [0.2, 0.25) is 0 Å². The smallest absolute Gasteiger partial charge is 0.407 e. The molecular weight excluding hydrogens is 440 g/mol. The number of phenolic OH excluding ortho intramolecular Hbond substituents is 1. The van der Waals surface area contributed by atoms with Crippen molar-refractivity contribution in [2.24, 2.45) is 15.9 Å². The minimum atomic E-state index is -0.345. The largest absolute Gasteiger partial charge is 0.507 e. The van der Waals surface area contributed by atoms with Crippen LogP contribution in [0.25, 0.3) is 0 Å². The first-order valence-corrected chi connectivity index (χ1v) is 12.8. The number of alkyl carbamates (subject to hydrolysis) is 1. The second-order valence-electron chi connectivity index (χ2n) is 9.26. The number of fused-ring (bicyclic) bond motifs is 1. The minimum Gasteiger partial charge on any atom is -0.507 e. The number of aromatic hydroxyl groups is 1. The zero-order valence-electron chi connectivity index (χ0n) is 20.8. The molecule has 2 aliphatic heterocycles. The van der Waals surface area contributed by atoms with Crippen LogP contribution < -0.4 is 5.32 Å². The third kappa shape index (κ3) is 6.41. The Morgan fingerprint density at radius 1 is 1.23 bits per heavy atom. The van der Waals surface area contributed by atoms with Crippen molar-refractivity contribution in [3.63, 3.8) is 0 Å². The van der Waals surface area contributed by atoms with Gasteiger partial charge in [-0.1, -0.05) is 38.1 Å². The van der Waals surface area contributed by atoms with Gasteiger partial charge in [0.05, 0.1) is 17.9 Å². The second-order valence-corrected chi connectivity index (χ2v) is 9.26. The Hall–Kier alpha value is -3.35. The summed E-state index contributed by atoms with van der Waals surface area (Å²) in [5.41, 5.74) is 3.97. The molecule has 1 fully saturated rings. The van der Waals surface area contributed by atoms with Crippen LogP contribution in [0.1, 0.15) is 57.9 Å². The lowest BCUT2D eigenvalue weighted by Crippen LogP contribution is -2.44. The zero-order chi connectivity index (χ0) is 24.6. The van der Waals surface area contributed by atoms with Crippen LogP contribution in [0.15, 0.2) is 69.3 Å². The van der Waals surface area contributed by atoms with Gasteiger partial charge in [-0.2, -0.15) is 0 Å². The van der Waals surface area contributed by atoms with E-state index in [1.165, 1.54) is 5.57 Å². The highest BCUT2D eigenvalue weighted by molar-refractivity contribution is 6.10. The van der Waals surface area contributed by atoms with E-state index >= 15 is 0 Å². The molecule has 186 valence electrons. The Bertz CT molecular complexity index is 1080. The fourth-order valence-electron chi connectivity index (χ4n) is 4.67. The number of nitrogens with zero attached hydrogens (tertiary/aromatic N) is 3. The lowest BCUT2D eigenvalue weighted by atomic mass is 9.97. The van der Waals surface area contributed by atoms with Gasteiger partial charge in [0.15, 0.2) is 5.84 Å². The molecule has 1 aromatic carbocycles. The van der Waals surface area contributed by atoms with Gasteiger partial charge in [-0.3, -0.25) is 0 Å². The van der Waals surface area contributed by atoms with Crippen LogP contribution in [-0.4, -0.2) is 54.0 Å². The first kappa shape index (κ1) is 24.8. The summed E-state index contributed by atoms with van der Waals surface area (Å²) in [6.07, 6.45) is 11.7. The third-order valence-electron chi connectivity index (χ3n) is 6.61. The number of phenols is 1. The molecule has 2 heterocycles. The van der Waals surface area contributed by atoms with Crippen molar-refractivity contribution in [2.75, 3.05) is 26.2 Å². The highest BCUT2D eigenvalue weighted by atomic mass is 16.5. The number of benzene rings is 1. The van der Waals surface area contributed by atoms with E-state index in [2.05, 4.69) is 35.4 Å². The molecule has 7 heteroatoms. The van der Waals surface area contributed by atoms with Crippen LogP contribution in [0.5, 0.6) is 5.75 Å². The van der Waals surface area contributed by atoms with E-state index < -0.39 is 0 Å². The monoisotopic (exact) mass is 476 g/mol. The SMILES string of the molecule is CCCOC(=O)NC[C@@H]1CCCN(C2=NC(c3ccccc3O)=NC3=CC(CC)=CCC=C3C2)C1. The Kier molecular flexibility index (Phi) is 8.40. The number of rotatable bonds is 6. The lowest BCUT2D eigenvalue weighted by molar-refractivity contribution is 0.142. The first-order valence-electron chi connectivity index (χ1n) is 12.8. The first-order chi connectivity index (χ1) is 17.1. The van der Waals surface area contributed by atoms with E-state index in [9.17, 15) is 9.90 Å². The van der Waals surface area contributed by atoms with Gasteiger partial charge in [-0.15, -0.1) is 0 Å². The summed E-state index contributed by atoms with van der Waals surface area (Å²) < 4.78 is 5.16. The summed E-state index contributed by atoms with van der Waals surface area (Å²) in [4.78, 5) is 24.2. The number of nitrogens with one attached hydrogen (secondary N) is 1. The number of aliphatic imine (C=N–C) groups is 2. The quantitative estimate of drug-likeness (QED) is 0.580. The molecule has 4 rings (SSSR count). The highest BCUT2D eigenvalue weighted by Crippen LogP contribution is 2.30. The van der Waals surface area contributed by atoms with Gasteiger partial charge in [0.1, 0.15) is 11.6 Å². The van der Waals surface area contributed by atoms with E-state index in [4.69, 9.17) is 14.7 Å². The predicted molar refractivity (Wildman–Crippen MR) is 140 cm³/mol. The number of amides is 1. The average molecular weight is 477 g/mol. The number of hydrogen-bond donors (Lipinski definition) is 2. The Morgan fingerprint density at radius 2 is 2.09 bits per heavy atom. The van der Waals surface area contributed by atoms with E-state index in [1.54, 1.807) is 6.07 Å². The van der Waals surface area contributed by atoms with Gasteiger partial charge in [-0.25, -0.2) is 14.8 Å². The molecular formula is C28H36N4O3. The molecule has 0 saturated carbocycles. The van der Waals surface area contributed by atoms with Crippen LogP contribution in [0.3, 0.4) is 0 Å². The summed E-state index contributed by atoms with van der Waals surface area (Å²) in [6.45, 7) is 6.88. The van der Waals surface area contributed by atoms with Gasteiger partial charge in [0.25, 0.3) is 0 Å². The summed E-state index contributed by atoms with van der Waals surface area (Å²) in [5, 5.41) is 13.5. The van der Waals surface area contributed by atoms with Gasteiger partial charge in [-0.05, 0) is 67.4 Å². The number of carbonyl (C=O) groups is 1. The average Bonchev–Trinajstić information content (AvgIpc) is 3.17. The van der Waals surface area contributed by atoms with E-state index in [0.717, 1.165) is 62.3 Å². The highest BCUT2D eigenvalue weighted by Gasteiger charge is 2.27. The lowest BCUT2D eigenvalue weighted by Gasteiger charge is -2.35. The number of hydrogen-bond acceptors (Lipinski definition) is 6. The molecule has 1 atom stereocenters. The molecule has 0 radical (unpaired) electrons. The maximum atomic E-state index is 11.9. The number of para-hydroxylation sites is 1. The van der Waals surface area contributed by atoms with E-state index in [1.807, 2.05) is 25.1 Å². The number of carbonyl (C=O) groups excluding carboxylic acids is 1. The van der Waals surface area contributed by atoms with Crippen molar-refractivity contribution in [1.82, 2.24) is 10.2 Å².